The summed E-state index contributed by atoms with van der Waals surface area (Å²) in [5, 5.41) is 7.79. The normalized spacial score (nSPS) is 10.9. The Hall–Kier alpha value is -2.12. The molecule has 2 heterocycles. The molecule has 1 N–H and O–H groups in total. The fourth-order valence-electron chi connectivity index (χ4n) is 2.68. The lowest BCUT2D eigenvalue weighted by molar-refractivity contribution is -0.113. The third-order valence-corrected chi connectivity index (χ3v) is 6.44. The van der Waals surface area contributed by atoms with Crippen LogP contribution < -0.4 is 5.32 Å². The standard InChI is InChI=1S/C20H13Cl2N3OS2/c21-13-7-5-12(6-8-13)14-9-27-19-18(14)20(24-11-23-19)28-10-17(26)25-16-4-2-1-3-15(16)22/h1-9,11H,10H2,(H,25,26). The molecule has 28 heavy (non-hydrogen) atoms. The first-order valence-electron chi connectivity index (χ1n) is 8.27. The molecule has 0 radical (unpaired) electrons. The minimum Gasteiger partial charge on any atom is -0.324 e. The third-order valence-electron chi connectivity index (χ3n) is 3.98. The lowest BCUT2D eigenvalue weighted by Crippen LogP contribution is -2.14. The van der Waals surface area contributed by atoms with E-state index in [9.17, 15) is 4.79 Å². The van der Waals surface area contributed by atoms with Crippen LogP contribution in [0.2, 0.25) is 10.0 Å². The number of thioether (sulfide) groups is 1. The van der Waals surface area contributed by atoms with Gasteiger partial charge in [-0.2, -0.15) is 0 Å². The average molecular weight is 446 g/mol. The first-order valence-corrected chi connectivity index (χ1v) is 10.9. The Morgan fingerprint density at radius 2 is 1.86 bits per heavy atom. The number of carbonyl (C=O) groups excluding carboxylic acids is 1. The maximum absolute atomic E-state index is 12.4. The molecule has 4 nitrogen and oxygen atoms in total. The van der Waals surface area contributed by atoms with Gasteiger partial charge in [0.25, 0.3) is 0 Å². The van der Waals surface area contributed by atoms with Gasteiger partial charge in [-0.05, 0) is 29.8 Å². The van der Waals surface area contributed by atoms with Crippen molar-refractivity contribution >= 4 is 68.1 Å². The van der Waals surface area contributed by atoms with Gasteiger partial charge in [0.05, 0.1) is 21.8 Å². The molecule has 0 bridgehead atoms. The monoisotopic (exact) mass is 445 g/mol. The average Bonchev–Trinajstić information content (AvgIpc) is 3.13. The molecule has 0 fully saturated rings. The highest BCUT2D eigenvalue weighted by molar-refractivity contribution is 8.00. The Kier molecular flexibility index (Phi) is 5.82. The van der Waals surface area contributed by atoms with Crippen LogP contribution in [0.1, 0.15) is 0 Å². The highest BCUT2D eigenvalue weighted by atomic mass is 35.5. The van der Waals surface area contributed by atoms with E-state index in [1.165, 1.54) is 18.1 Å². The van der Waals surface area contributed by atoms with Crippen LogP contribution in [0.4, 0.5) is 5.69 Å². The van der Waals surface area contributed by atoms with Gasteiger partial charge in [-0.15, -0.1) is 11.3 Å². The van der Waals surface area contributed by atoms with E-state index in [0.29, 0.717) is 15.7 Å². The molecule has 4 aromatic rings. The second-order valence-electron chi connectivity index (χ2n) is 5.83. The molecule has 2 aromatic carbocycles. The van der Waals surface area contributed by atoms with Crippen molar-refractivity contribution in [2.24, 2.45) is 0 Å². The number of benzene rings is 2. The van der Waals surface area contributed by atoms with Crippen molar-refractivity contribution in [3.05, 3.63) is 70.3 Å². The van der Waals surface area contributed by atoms with E-state index in [-0.39, 0.29) is 11.7 Å². The molecule has 0 spiro atoms. The number of nitrogens with one attached hydrogen (secondary N) is 1. The number of fused-ring (bicyclic) bond motifs is 1. The highest BCUT2D eigenvalue weighted by Crippen LogP contribution is 2.38. The summed E-state index contributed by atoms with van der Waals surface area (Å²) in [4.78, 5) is 22.0. The molecule has 2 aromatic heterocycles. The van der Waals surface area contributed by atoms with Gasteiger partial charge in [0, 0.05) is 16.0 Å². The van der Waals surface area contributed by atoms with Crippen LogP contribution in [0.3, 0.4) is 0 Å². The van der Waals surface area contributed by atoms with E-state index >= 15 is 0 Å². The second-order valence-corrected chi connectivity index (χ2v) is 8.50. The molecule has 0 saturated carbocycles. The molecule has 4 rings (SSSR count). The fraction of sp³-hybridized carbons (Fsp3) is 0.0500. The lowest BCUT2D eigenvalue weighted by atomic mass is 10.1. The van der Waals surface area contributed by atoms with E-state index in [1.807, 2.05) is 36.4 Å². The summed E-state index contributed by atoms with van der Waals surface area (Å²) in [5.41, 5.74) is 2.67. The SMILES string of the molecule is O=C(CSc1ncnc2scc(-c3ccc(Cl)cc3)c12)Nc1ccccc1Cl. The van der Waals surface area contributed by atoms with E-state index in [2.05, 4.69) is 20.7 Å². The third kappa shape index (κ3) is 4.15. The summed E-state index contributed by atoms with van der Waals surface area (Å²) in [6, 6.07) is 14.8. The van der Waals surface area contributed by atoms with Crippen molar-refractivity contribution in [1.82, 2.24) is 9.97 Å². The van der Waals surface area contributed by atoms with Gasteiger partial charge in [-0.25, -0.2) is 9.97 Å². The zero-order valence-electron chi connectivity index (χ0n) is 14.4. The first kappa shape index (κ1) is 19.2. The molecular formula is C20H13Cl2N3OS2. The smallest absolute Gasteiger partial charge is 0.234 e. The molecule has 0 saturated heterocycles. The summed E-state index contributed by atoms with van der Waals surface area (Å²) in [7, 11) is 0. The molecule has 0 unspecified atom stereocenters. The van der Waals surface area contributed by atoms with Crippen LogP contribution in [0.25, 0.3) is 21.3 Å². The van der Waals surface area contributed by atoms with Crippen molar-refractivity contribution in [3.8, 4) is 11.1 Å². The number of para-hydroxylation sites is 1. The van der Waals surface area contributed by atoms with Crippen LogP contribution in [-0.4, -0.2) is 21.6 Å². The zero-order chi connectivity index (χ0) is 19.5. The Morgan fingerprint density at radius 1 is 1.07 bits per heavy atom. The second kappa shape index (κ2) is 8.49. The minimum atomic E-state index is -0.145. The van der Waals surface area contributed by atoms with Gasteiger partial charge in [-0.1, -0.05) is 59.2 Å². The predicted molar refractivity (Wildman–Crippen MR) is 119 cm³/mol. The number of nitrogens with zero attached hydrogens (tertiary/aromatic N) is 2. The van der Waals surface area contributed by atoms with E-state index in [4.69, 9.17) is 23.2 Å². The number of rotatable bonds is 5. The summed E-state index contributed by atoms with van der Waals surface area (Å²) in [6.45, 7) is 0. The minimum absolute atomic E-state index is 0.145. The van der Waals surface area contributed by atoms with Gasteiger partial charge in [0.2, 0.25) is 5.91 Å². The van der Waals surface area contributed by atoms with E-state index < -0.39 is 0 Å². The van der Waals surface area contributed by atoms with Crippen molar-refractivity contribution in [2.45, 2.75) is 5.03 Å². The quantitative estimate of drug-likeness (QED) is 0.285. The zero-order valence-corrected chi connectivity index (χ0v) is 17.5. The molecule has 1 amide bonds. The van der Waals surface area contributed by atoms with E-state index in [1.54, 1.807) is 23.5 Å². The number of halogens is 2. The van der Waals surface area contributed by atoms with Gasteiger partial charge < -0.3 is 5.32 Å². The molecule has 0 aliphatic carbocycles. The Bertz CT molecular complexity index is 1150. The topological polar surface area (TPSA) is 54.9 Å². The van der Waals surface area contributed by atoms with Gasteiger partial charge in [0.1, 0.15) is 16.2 Å². The Labute approximate surface area is 179 Å². The highest BCUT2D eigenvalue weighted by Gasteiger charge is 2.15. The van der Waals surface area contributed by atoms with Crippen LogP contribution in [0.15, 0.2) is 65.3 Å². The molecule has 8 heteroatoms. The molecule has 0 aliphatic rings. The maximum atomic E-state index is 12.4. The predicted octanol–water partition coefficient (Wildman–Crippen LogP) is 6.40. The Balaban J connectivity index is 1.57. The number of amides is 1. The Morgan fingerprint density at radius 3 is 2.64 bits per heavy atom. The summed E-state index contributed by atoms with van der Waals surface area (Å²) < 4.78 is 0. The molecule has 140 valence electrons. The number of hydrogen-bond acceptors (Lipinski definition) is 5. The molecule has 0 atom stereocenters. The summed E-state index contributed by atoms with van der Waals surface area (Å²) in [6.07, 6.45) is 1.53. The van der Waals surface area contributed by atoms with E-state index in [0.717, 1.165) is 26.4 Å². The van der Waals surface area contributed by atoms with Gasteiger partial charge in [0.15, 0.2) is 0 Å². The van der Waals surface area contributed by atoms with Crippen LogP contribution in [0.5, 0.6) is 0 Å². The van der Waals surface area contributed by atoms with Crippen molar-refractivity contribution < 1.29 is 4.79 Å². The largest absolute Gasteiger partial charge is 0.324 e. The van der Waals surface area contributed by atoms with Crippen LogP contribution >= 0.6 is 46.3 Å². The first-order chi connectivity index (χ1) is 13.6. The van der Waals surface area contributed by atoms with Crippen LogP contribution in [0, 0.1) is 0 Å². The number of thiophene rings is 1. The van der Waals surface area contributed by atoms with Crippen molar-refractivity contribution in [3.63, 3.8) is 0 Å². The van der Waals surface area contributed by atoms with Crippen molar-refractivity contribution in [2.75, 3.05) is 11.1 Å². The number of carbonyl (C=O) groups is 1. The van der Waals surface area contributed by atoms with Gasteiger partial charge in [-0.3, -0.25) is 4.79 Å². The number of anilines is 1. The van der Waals surface area contributed by atoms with Crippen LogP contribution in [-0.2, 0) is 4.79 Å². The molecule has 0 aliphatic heterocycles. The maximum Gasteiger partial charge on any atom is 0.234 e. The number of aromatic nitrogens is 2. The summed E-state index contributed by atoms with van der Waals surface area (Å²) in [5.74, 6) is 0.0703. The summed E-state index contributed by atoms with van der Waals surface area (Å²) >= 11 is 15.0. The molecular weight excluding hydrogens is 433 g/mol. The van der Waals surface area contributed by atoms with Gasteiger partial charge >= 0.3 is 0 Å². The number of hydrogen-bond donors (Lipinski definition) is 1. The lowest BCUT2D eigenvalue weighted by Gasteiger charge is -2.08. The fourth-order valence-corrected chi connectivity index (χ4v) is 4.78. The van der Waals surface area contributed by atoms with Crippen molar-refractivity contribution in [1.29, 1.82) is 0 Å².